The fourth-order valence-electron chi connectivity index (χ4n) is 3.51. The molecule has 1 aliphatic heterocycles. The number of phenols is 1. The van der Waals surface area contributed by atoms with Crippen LogP contribution in [0, 0.1) is 0 Å². The van der Waals surface area contributed by atoms with E-state index in [2.05, 4.69) is 0 Å². The van der Waals surface area contributed by atoms with Gasteiger partial charge in [0.25, 0.3) is 11.7 Å². The molecule has 8 nitrogen and oxygen atoms in total. The first-order chi connectivity index (χ1) is 15.0. The molecule has 31 heavy (non-hydrogen) atoms. The van der Waals surface area contributed by atoms with Crippen molar-refractivity contribution >= 4 is 17.4 Å². The third kappa shape index (κ3) is 4.87. The molecular weight excluding hydrogens is 402 g/mol. The zero-order valence-corrected chi connectivity index (χ0v) is 17.2. The third-order valence-electron chi connectivity index (χ3n) is 4.88. The maximum absolute atomic E-state index is 12.9. The number of ketones is 1. The summed E-state index contributed by atoms with van der Waals surface area (Å²) in [6, 6.07) is 11.9. The third-order valence-corrected chi connectivity index (χ3v) is 4.88. The summed E-state index contributed by atoms with van der Waals surface area (Å²) in [6.07, 6.45) is 0. The highest BCUT2D eigenvalue weighted by atomic mass is 16.5. The Bertz CT molecular complexity index is 968. The maximum atomic E-state index is 12.9. The van der Waals surface area contributed by atoms with E-state index >= 15 is 0 Å². The number of amides is 1. The van der Waals surface area contributed by atoms with Gasteiger partial charge in [0.05, 0.1) is 38.0 Å². The number of hydrogen-bond acceptors (Lipinski definition) is 7. The number of carbonyl (C=O) groups is 2. The summed E-state index contributed by atoms with van der Waals surface area (Å²) in [5.41, 5.74) is 0.777. The van der Waals surface area contributed by atoms with E-state index in [9.17, 15) is 19.8 Å². The second-order valence-electron chi connectivity index (χ2n) is 6.88. The lowest BCUT2D eigenvalue weighted by Crippen LogP contribution is -2.33. The van der Waals surface area contributed by atoms with Gasteiger partial charge in [-0.25, -0.2) is 0 Å². The Hall–Kier alpha value is -3.36. The molecule has 2 aromatic carbocycles. The zero-order chi connectivity index (χ0) is 22.4. The summed E-state index contributed by atoms with van der Waals surface area (Å²) < 4.78 is 10.7. The number of likely N-dealkylation sites (tertiary alicyclic amines) is 1. The lowest BCUT2D eigenvalue weighted by atomic mass is 9.95. The van der Waals surface area contributed by atoms with E-state index in [0.29, 0.717) is 23.5 Å². The Morgan fingerprint density at radius 2 is 1.84 bits per heavy atom. The van der Waals surface area contributed by atoms with E-state index in [1.807, 2.05) is 6.92 Å². The number of hydrogen-bond donors (Lipinski definition) is 3. The topological polar surface area (TPSA) is 117 Å². The summed E-state index contributed by atoms with van der Waals surface area (Å²) in [4.78, 5) is 26.9. The van der Waals surface area contributed by atoms with E-state index in [0.717, 1.165) is 0 Å². The van der Waals surface area contributed by atoms with Crippen LogP contribution in [0.5, 0.6) is 11.5 Å². The van der Waals surface area contributed by atoms with E-state index in [-0.39, 0.29) is 43.4 Å². The number of carbonyl (C=O) groups excluding carboxylic acids is 2. The van der Waals surface area contributed by atoms with E-state index in [1.165, 1.54) is 17.0 Å². The van der Waals surface area contributed by atoms with Crippen molar-refractivity contribution in [1.29, 1.82) is 0 Å². The number of aromatic hydroxyl groups is 1. The van der Waals surface area contributed by atoms with Crippen molar-refractivity contribution in [1.82, 2.24) is 4.90 Å². The Morgan fingerprint density at radius 3 is 2.48 bits per heavy atom. The number of Topliss-reactive ketones (excluding diaryl/α,β-unsaturated/α-hetero) is 1. The quantitative estimate of drug-likeness (QED) is 0.243. The molecule has 3 rings (SSSR count). The summed E-state index contributed by atoms with van der Waals surface area (Å²) in [5.74, 6) is -1.31. The highest BCUT2D eigenvalue weighted by Gasteiger charge is 2.46. The molecule has 1 unspecified atom stereocenters. The highest BCUT2D eigenvalue weighted by molar-refractivity contribution is 6.46. The van der Waals surface area contributed by atoms with Crippen LogP contribution >= 0.6 is 0 Å². The van der Waals surface area contributed by atoms with Gasteiger partial charge in [-0.3, -0.25) is 9.59 Å². The lowest BCUT2D eigenvalue weighted by Gasteiger charge is -2.25. The number of benzene rings is 2. The molecule has 1 heterocycles. The predicted molar refractivity (Wildman–Crippen MR) is 113 cm³/mol. The van der Waals surface area contributed by atoms with Crippen molar-refractivity contribution in [3.63, 3.8) is 0 Å². The normalized spacial score (nSPS) is 17.9. The molecule has 1 atom stereocenters. The number of nitrogens with zero attached hydrogens (tertiary/aromatic N) is 1. The second-order valence-corrected chi connectivity index (χ2v) is 6.88. The SMILES string of the molecule is CCOc1ccc(/C(O)=C2/C(=O)C(=O)N(CCOCCO)C2c2cccc(O)c2)cc1. The van der Waals surface area contributed by atoms with Crippen LogP contribution < -0.4 is 4.74 Å². The minimum absolute atomic E-state index is 0.0271. The van der Waals surface area contributed by atoms with Crippen LogP contribution in [0.1, 0.15) is 24.1 Å². The molecule has 0 radical (unpaired) electrons. The second kappa shape index (κ2) is 10.1. The van der Waals surface area contributed by atoms with Crippen molar-refractivity contribution in [3.05, 3.63) is 65.2 Å². The standard InChI is InChI=1S/C23H25NO7/c1-2-31-18-8-6-15(7-9-18)21(27)19-20(16-4-3-5-17(26)14-16)24(23(29)22(19)28)10-12-30-13-11-25/h3-9,14,20,25-27H,2,10-13H2,1H3/b21-19-. The largest absolute Gasteiger partial charge is 0.508 e. The van der Waals surface area contributed by atoms with Gasteiger partial charge in [-0.1, -0.05) is 12.1 Å². The van der Waals surface area contributed by atoms with Gasteiger partial charge < -0.3 is 29.7 Å². The summed E-state index contributed by atoms with van der Waals surface area (Å²) in [6.45, 7) is 2.47. The van der Waals surface area contributed by atoms with Crippen LogP contribution in [0.3, 0.4) is 0 Å². The molecule has 1 amide bonds. The first kappa shape index (κ1) is 22.3. The fourth-order valence-corrected chi connectivity index (χ4v) is 3.51. The van der Waals surface area contributed by atoms with Gasteiger partial charge in [0.2, 0.25) is 0 Å². The number of ether oxygens (including phenoxy) is 2. The maximum Gasteiger partial charge on any atom is 0.295 e. The minimum atomic E-state index is -0.892. The fraction of sp³-hybridized carbons (Fsp3) is 0.304. The molecule has 8 heteroatoms. The van der Waals surface area contributed by atoms with E-state index in [1.54, 1.807) is 36.4 Å². The minimum Gasteiger partial charge on any atom is -0.508 e. The summed E-state index contributed by atoms with van der Waals surface area (Å²) in [5, 5.41) is 29.8. The van der Waals surface area contributed by atoms with Crippen molar-refractivity contribution in [2.75, 3.05) is 33.0 Å². The molecule has 1 fully saturated rings. The molecule has 0 spiro atoms. The van der Waals surface area contributed by atoms with Crippen molar-refractivity contribution in [2.24, 2.45) is 0 Å². The van der Waals surface area contributed by atoms with E-state index in [4.69, 9.17) is 14.6 Å². The van der Waals surface area contributed by atoms with Gasteiger partial charge >= 0.3 is 0 Å². The van der Waals surface area contributed by atoms with E-state index < -0.39 is 17.7 Å². The first-order valence-electron chi connectivity index (χ1n) is 9.97. The molecule has 3 N–H and O–H groups in total. The predicted octanol–water partition coefficient (Wildman–Crippen LogP) is 2.22. The van der Waals surface area contributed by atoms with Crippen LogP contribution in [0.2, 0.25) is 0 Å². The average molecular weight is 427 g/mol. The number of rotatable bonds is 9. The Morgan fingerprint density at radius 1 is 1.10 bits per heavy atom. The molecule has 0 bridgehead atoms. The lowest BCUT2D eigenvalue weighted by molar-refractivity contribution is -0.140. The van der Waals surface area contributed by atoms with Gasteiger partial charge in [-0.2, -0.15) is 0 Å². The highest BCUT2D eigenvalue weighted by Crippen LogP contribution is 2.40. The molecule has 1 aliphatic rings. The van der Waals surface area contributed by atoms with Crippen molar-refractivity contribution in [3.8, 4) is 11.5 Å². The van der Waals surface area contributed by atoms with Crippen molar-refractivity contribution < 1.29 is 34.4 Å². The molecule has 0 saturated carbocycles. The van der Waals surface area contributed by atoms with Crippen LogP contribution in [0.15, 0.2) is 54.1 Å². The molecule has 0 aromatic heterocycles. The van der Waals surface area contributed by atoms with Crippen molar-refractivity contribution in [2.45, 2.75) is 13.0 Å². The number of aliphatic hydroxyl groups is 2. The molecule has 1 saturated heterocycles. The Kier molecular flexibility index (Phi) is 7.28. The smallest absolute Gasteiger partial charge is 0.295 e. The molecule has 2 aromatic rings. The van der Waals surface area contributed by atoms with Crippen LogP contribution in [0.4, 0.5) is 0 Å². The van der Waals surface area contributed by atoms with Crippen LogP contribution in [-0.4, -0.2) is 64.9 Å². The number of aliphatic hydroxyl groups excluding tert-OH is 2. The Labute approximate surface area is 180 Å². The van der Waals surface area contributed by atoms with Gasteiger partial charge in [0.1, 0.15) is 17.3 Å². The molecule has 164 valence electrons. The van der Waals surface area contributed by atoms with Crippen LogP contribution in [0.25, 0.3) is 5.76 Å². The molecule has 0 aliphatic carbocycles. The molecular formula is C23H25NO7. The van der Waals surface area contributed by atoms with Gasteiger partial charge in [0, 0.05) is 12.1 Å². The zero-order valence-electron chi connectivity index (χ0n) is 17.2. The first-order valence-corrected chi connectivity index (χ1v) is 9.97. The Balaban J connectivity index is 2.03. The van der Waals surface area contributed by atoms with Crippen LogP contribution in [-0.2, 0) is 14.3 Å². The average Bonchev–Trinajstić information content (AvgIpc) is 3.02. The monoisotopic (exact) mass is 427 g/mol. The summed E-state index contributed by atoms with van der Waals surface area (Å²) >= 11 is 0. The summed E-state index contributed by atoms with van der Waals surface area (Å²) in [7, 11) is 0. The van der Waals surface area contributed by atoms with Gasteiger partial charge in [-0.05, 0) is 48.9 Å². The number of phenolic OH excluding ortho intramolecular Hbond substituents is 1. The van der Waals surface area contributed by atoms with Gasteiger partial charge in [-0.15, -0.1) is 0 Å². The van der Waals surface area contributed by atoms with Gasteiger partial charge in [0.15, 0.2) is 0 Å².